The quantitative estimate of drug-likeness (QED) is 0.419. The van der Waals surface area contributed by atoms with Gasteiger partial charge in [-0.15, -0.1) is 24.0 Å². The number of halogens is 2. The van der Waals surface area contributed by atoms with Crippen molar-refractivity contribution in [1.82, 2.24) is 10.6 Å². The molecule has 0 amide bonds. The van der Waals surface area contributed by atoms with Crippen LogP contribution in [0.4, 0.5) is 0 Å². The number of aliphatic imine (C=N–C) groups is 1. The van der Waals surface area contributed by atoms with Crippen LogP contribution in [0.5, 0.6) is 0 Å². The van der Waals surface area contributed by atoms with E-state index < -0.39 is 0 Å². The van der Waals surface area contributed by atoms with Gasteiger partial charge in [0.25, 0.3) is 0 Å². The highest BCUT2D eigenvalue weighted by Gasteiger charge is 2.29. The van der Waals surface area contributed by atoms with Gasteiger partial charge < -0.3 is 15.4 Å². The van der Waals surface area contributed by atoms with Crippen LogP contribution < -0.4 is 10.6 Å². The van der Waals surface area contributed by atoms with Crippen molar-refractivity contribution in [3.8, 4) is 0 Å². The lowest BCUT2D eigenvalue weighted by atomic mass is 10.0. The Bertz CT molecular complexity index is 278. The van der Waals surface area contributed by atoms with E-state index in [1.54, 1.807) is 7.05 Å². The first-order valence-corrected chi connectivity index (χ1v) is 6.27. The lowest BCUT2D eigenvalue weighted by Gasteiger charge is -2.24. The fraction of sp³-hybridized carbons (Fsp3) is 0.727. The topological polar surface area (TPSA) is 45.7 Å². The van der Waals surface area contributed by atoms with E-state index in [1.165, 1.54) is 0 Å². The molecule has 1 rings (SSSR count). The van der Waals surface area contributed by atoms with Crippen molar-refractivity contribution in [2.75, 3.05) is 26.7 Å². The Morgan fingerprint density at radius 3 is 2.71 bits per heavy atom. The van der Waals surface area contributed by atoms with E-state index in [4.69, 9.17) is 4.74 Å². The second-order valence-electron chi connectivity index (χ2n) is 4.20. The fourth-order valence-electron chi connectivity index (χ4n) is 1.65. The van der Waals surface area contributed by atoms with Crippen molar-refractivity contribution < 1.29 is 4.74 Å². The number of guanidine groups is 1. The summed E-state index contributed by atoms with van der Waals surface area (Å²) >= 11 is 3.30. The van der Waals surface area contributed by atoms with Gasteiger partial charge in [-0.3, -0.25) is 4.99 Å². The minimum absolute atomic E-state index is 0. The highest BCUT2D eigenvalue weighted by atomic mass is 127. The van der Waals surface area contributed by atoms with Gasteiger partial charge in [-0.1, -0.05) is 22.5 Å². The van der Waals surface area contributed by atoms with E-state index in [0.29, 0.717) is 6.54 Å². The number of hydrogen-bond acceptors (Lipinski definition) is 2. The molecular weight excluding hydrogens is 397 g/mol. The number of nitrogens with one attached hydrogen (secondary N) is 2. The highest BCUT2D eigenvalue weighted by Crippen LogP contribution is 2.23. The maximum Gasteiger partial charge on any atom is 0.191 e. The summed E-state index contributed by atoms with van der Waals surface area (Å²) in [7, 11) is 1.75. The predicted molar refractivity (Wildman–Crippen MR) is 86.4 cm³/mol. The summed E-state index contributed by atoms with van der Waals surface area (Å²) in [5.74, 6) is 0.775. The Balaban J connectivity index is 0.00000256. The highest BCUT2D eigenvalue weighted by molar-refractivity contribution is 14.0. The van der Waals surface area contributed by atoms with E-state index in [0.717, 1.165) is 36.4 Å². The van der Waals surface area contributed by atoms with Crippen molar-refractivity contribution in [2.24, 2.45) is 4.99 Å². The predicted octanol–water partition coefficient (Wildman–Crippen LogP) is 2.25. The average molecular weight is 418 g/mol. The summed E-state index contributed by atoms with van der Waals surface area (Å²) in [5.41, 5.74) is -0.0525. The molecule has 17 heavy (non-hydrogen) atoms. The molecular formula is C11H21BrIN3O. The standard InChI is InChI=1S/C11H20BrN3O.HI/c1-9(12)7-14-10(13-3)15-8-11(2)5-4-6-16-11;/h1,4-8H2,2-3H3,(H2,13,14,15);1H. The van der Waals surface area contributed by atoms with E-state index in [1.807, 2.05) is 0 Å². The van der Waals surface area contributed by atoms with Gasteiger partial charge >= 0.3 is 0 Å². The maximum absolute atomic E-state index is 5.69. The molecule has 1 heterocycles. The van der Waals surface area contributed by atoms with Crippen molar-refractivity contribution >= 4 is 45.9 Å². The average Bonchev–Trinajstić information content (AvgIpc) is 2.65. The van der Waals surface area contributed by atoms with Crippen LogP contribution in [0, 0.1) is 0 Å². The minimum Gasteiger partial charge on any atom is -0.373 e. The summed E-state index contributed by atoms with van der Waals surface area (Å²) in [6.45, 7) is 8.19. The summed E-state index contributed by atoms with van der Waals surface area (Å²) in [5, 5.41) is 6.41. The maximum atomic E-state index is 5.69. The molecule has 0 aromatic rings. The molecule has 1 aliphatic rings. The number of rotatable bonds is 4. The zero-order valence-electron chi connectivity index (χ0n) is 10.4. The van der Waals surface area contributed by atoms with Crippen LogP contribution in [0.15, 0.2) is 16.1 Å². The normalized spacial score (nSPS) is 24.1. The lowest BCUT2D eigenvalue weighted by Crippen LogP contribution is -2.45. The van der Waals surface area contributed by atoms with E-state index in [-0.39, 0.29) is 29.6 Å². The number of hydrogen-bond donors (Lipinski definition) is 2. The molecule has 100 valence electrons. The van der Waals surface area contributed by atoms with Crippen LogP contribution in [0.25, 0.3) is 0 Å². The van der Waals surface area contributed by atoms with Crippen LogP contribution in [-0.4, -0.2) is 38.3 Å². The molecule has 2 N–H and O–H groups in total. The largest absolute Gasteiger partial charge is 0.373 e. The third-order valence-corrected chi connectivity index (χ3v) is 2.88. The Kier molecular flexibility index (Phi) is 8.40. The molecule has 0 radical (unpaired) electrons. The molecule has 1 fully saturated rings. The van der Waals surface area contributed by atoms with Crippen molar-refractivity contribution in [3.05, 3.63) is 11.1 Å². The fourth-order valence-corrected chi connectivity index (χ4v) is 1.79. The van der Waals surface area contributed by atoms with Crippen LogP contribution in [-0.2, 0) is 4.74 Å². The second kappa shape index (κ2) is 8.31. The van der Waals surface area contributed by atoms with Gasteiger partial charge in [0, 0.05) is 31.2 Å². The minimum atomic E-state index is -0.0525. The molecule has 1 atom stereocenters. The third-order valence-electron chi connectivity index (χ3n) is 2.60. The van der Waals surface area contributed by atoms with Gasteiger partial charge in [0.2, 0.25) is 0 Å². The van der Waals surface area contributed by atoms with E-state index in [2.05, 4.69) is 45.1 Å². The summed E-state index contributed by atoms with van der Waals surface area (Å²) in [6.07, 6.45) is 2.24. The lowest BCUT2D eigenvalue weighted by molar-refractivity contribution is 0.0243. The summed E-state index contributed by atoms with van der Waals surface area (Å²) in [6, 6.07) is 0. The SMILES string of the molecule is C=C(Br)CNC(=NC)NCC1(C)CCCO1.I. The Labute approximate surface area is 129 Å². The van der Waals surface area contributed by atoms with Gasteiger partial charge in [-0.25, -0.2) is 0 Å². The van der Waals surface area contributed by atoms with Crippen molar-refractivity contribution in [1.29, 1.82) is 0 Å². The van der Waals surface area contributed by atoms with Gasteiger partial charge in [-0.05, 0) is 19.8 Å². The van der Waals surface area contributed by atoms with E-state index >= 15 is 0 Å². The molecule has 0 aromatic carbocycles. The third kappa shape index (κ3) is 6.61. The van der Waals surface area contributed by atoms with Crippen molar-refractivity contribution in [3.63, 3.8) is 0 Å². The van der Waals surface area contributed by atoms with Crippen molar-refractivity contribution in [2.45, 2.75) is 25.4 Å². The Morgan fingerprint density at radius 2 is 2.24 bits per heavy atom. The molecule has 4 nitrogen and oxygen atoms in total. The molecule has 6 heteroatoms. The van der Waals surface area contributed by atoms with E-state index in [9.17, 15) is 0 Å². The first kappa shape index (κ1) is 17.2. The first-order valence-electron chi connectivity index (χ1n) is 5.47. The molecule has 1 unspecified atom stereocenters. The number of nitrogens with zero attached hydrogens (tertiary/aromatic N) is 1. The van der Waals surface area contributed by atoms with Gasteiger partial charge in [0.1, 0.15) is 0 Å². The number of ether oxygens (including phenoxy) is 1. The smallest absolute Gasteiger partial charge is 0.191 e. The summed E-state index contributed by atoms with van der Waals surface area (Å²) < 4.78 is 6.59. The van der Waals surface area contributed by atoms with Crippen LogP contribution in [0.2, 0.25) is 0 Å². The molecule has 1 saturated heterocycles. The molecule has 0 bridgehead atoms. The van der Waals surface area contributed by atoms with Gasteiger partial charge in [0.05, 0.1) is 5.60 Å². The summed E-state index contributed by atoms with van der Waals surface area (Å²) in [4.78, 5) is 4.13. The Morgan fingerprint density at radius 1 is 1.53 bits per heavy atom. The zero-order valence-corrected chi connectivity index (χ0v) is 14.3. The van der Waals surface area contributed by atoms with Crippen LogP contribution in [0.3, 0.4) is 0 Å². The van der Waals surface area contributed by atoms with Gasteiger partial charge in [-0.2, -0.15) is 0 Å². The molecule has 0 aliphatic carbocycles. The molecule has 0 spiro atoms. The van der Waals surface area contributed by atoms with Crippen LogP contribution in [0.1, 0.15) is 19.8 Å². The molecule has 0 saturated carbocycles. The first-order chi connectivity index (χ1) is 7.56. The monoisotopic (exact) mass is 417 g/mol. The molecule has 1 aliphatic heterocycles. The van der Waals surface area contributed by atoms with Crippen LogP contribution >= 0.6 is 39.9 Å². The second-order valence-corrected chi connectivity index (χ2v) is 5.32. The Hall–Kier alpha value is 0.180. The molecule has 0 aromatic heterocycles. The zero-order chi connectivity index (χ0) is 12.0. The van der Waals surface area contributed by atoms with Gasteiger partial charge in [0.15, 0.2) is 5.96 Å².